The van der Waals surface area contributed by atoms with Crippen LogP contribution in [0.5, 0.6) is 11.5 Å². The third-order valence-corrected chi connectivity index (χ3v) is 2.33. The second-order valence-electron chi connectivity index (χ2n) is 3.43. The van der Waals surface area contributed by atoms with E-state index in [1.165, 1.54) is 0 Å². The van der Waals surface area contributed by atoms with Gasteiger partial charge in [0.05, 0.1) is 0 Å². The number of nitrogens with zero attached hydrogens (tertiary/aromatic N) is 1. The lowest BCUT2D eigenvalue weighted by Crippen LogP contribution is -2.23. The van der Waals surface area contributed by atoms with E-state index in [4.69, 9.17) is 9.47 Å². The third kappa shape index (κ3) is 1.44. The molecule has 82 valence electrons. The van der Waals surface area contributed by atoms with Crippen LogP contribution in [0.2, 0.25) is 0 Å². The molecule has 6 nitrogen and oxygen atoms in total. The molecule has 2 heterocycles. The second kappa shape index (κ2) is 3.41. The molecule has 0 spiro atoms. The van der Waals surface area contributed by atoms with Crippen LogP contribution in [-0.2, 0) is 0 Å². The van der Waals surface area contributed by atoms with E-state index in [0.29, 0.717) is 23.9 Å². The van der Waals surface area contributed by atoms with E-state index >= 15 is 0 Å². The van der Waals surface area contributed by atoms with Gasteiger partial charge in [-0.05, 0) is 12.1 Å². The maximum Gasteiger partial charge on any atom is 0.340 e. The molecular weight excluding hydrogens is 210 g/mol. The van der Waals surface area contributed by atoms with Crippen molar-refractivity contribution in [3.05, 3.63) is 40.6 Å². The van der Waals surface area contributed by atoms with Crippen molar-refractivity contribution in [1.82, 2.24) is 15.2 Å². The quantitative estimate of drug-likeness (QED) is 0.736. The number of hydrogen-bond donors (Lipinski definition) is 2. The minimum absolute atomic E-state index is 0.331. The average molecular weight is 219 g/mol. The van der Waals surface area contributed by atoms with Crippen molar-refractivity contribution in [1.29, 1.82) is 0 Å². The van der Waals surface area contributed by atoms with Gasteiger partial charge in [0, 0.05) is 0 Å². The van der Waals surface area contributed by atoms with E-state index in [0.717, 1.165) is 0 Å². The minimum atomic E-state index is -0.381. The number of fused-ring (bicyclic) bond motifs is 1. The van der Waals surface area contributed by atoms with Gasteiger partial charge in [-0.2, -0.15) is 5.10 Å². The number of rotatable bonds is 1. The Morgan fingerprint density at radius 2 is 2.12 bits per heavy atom. The SMILES string of the molecule is O=c1[nH]nc(C2COc3ccccc3O2)[nH]1. The smallest absolute Gasteiger partial charge is 0.340 e. The molecule has 1 aromatic carbocycles. The molecule has 1 aromatic heterocycles. The number of H-pyrrole nitrogens is 2. The Labute approximate surface area is 90.2 Å². The summed E-state index contributed by atoms with van der Waals surface area (Å²) in [7, 11) is 0. The topological polar surface area (TPSA) is 80.0 Å². The van der Waals surface area contributed by atoms with Gasteiger partial charge < -0.3 is 9.47 Å². The zero-order chi connectivity index (χ0) is 11.0. The fourth-order valence-corrected chi connectivity index (χ4v) is 1.59. The van der Waals surface area contributed by atoms with Crippen LogP contribution >= 0.6 is 0 Å². The van der Waals surface area contributed by atoms with Gasteiger partial charge in [-0.1, -0.05) is 12.1 Å². The molecule has 0 saturated heterocycles. The van der Waals surface area contributed by atoms with Crippen LogP contribution in [0.3, 0.4) is 0 Å². The molecular formula is C10H9N3O3. The number of nitrogens with one attached hydrogen (secondary N) is 2. The molecule has 0 bridgehead atoms. The number of hydrogen-bond acceptors (Lipinski definition) is 4. The largest absolute Gasteiger partial charge is 0.485 e. The summed E-state index contributed by atoms with van der Waals surface area (Å²) in [6.07, 6.45) is -0.381. The first-order valence-electron chi connectivity index (χ1n) is 4.86. The van der Waals surface area contributed by atoms with Crippen LogP contribution < -0.4 is 15.2 Å². The normalized spacial score (nSPS) is 18.4. The Bertz CT molecular complexity index is 560. The predicted molar refractivity (Wildman–Crippen MR) is 54.5 cm³/mol. The molecule has 1 unspecified atom stereocenters. The van der Waals surface area contributed by atoms with Gasteiger partial charge in [0.25, 0.3) is 0 Å². The van der Waals surface area contributed by atoms with E-state index in [9.17, 15) is 4.79 Å². The molecule has 0 radical (unpaired) electrons. The Kier molecular flexibility index (Phi) is 1.92. The van der Waals surface area contributed by atoms with Crippen molar-refractivity contribution in [2.24, 2.45) is 0 Å². The Morgan fingerprint density at radius 3 is 2.88 bits per heavy atom. The van der Waals surface area contributed by atoms with Gasteiger partial charge in [0.15, 0.2) is 23.4 Å². The number of aromatic amines is 2. The first-order valence-corrected chi connectivity index (χ1v) is 4.86. The van der Waals surface area contributed by atoms with E-state index in [2.05, 4.69) is 15.2 Å². The number of benzene rings is 1. The number of para-hydroxylation sites is 2. The molecule has 6 heteroatoms. The molecule has 0 saturated carbocycles. The van der Waals surface area contributed by atoms with E-state index in [-0.39, 0.29) is 11.8 Å². The highest BCUT2D eigenvalue weighted by molar-refractivity contribution is 5.40. The van der Waals surface area contributed by atoms with Crippen molar-refractivity contribution in [3.8, 4) is 11.5 Å². The maximum atomic E-state index is 10.9. The van der Waals surface area contributed by atoms with Crippen molar-refractivity contribution in [2.75, 3.05) is 6.61 Å². The van der Waals surface area contributed by atoms with Gasteiger partial charge in [-0.3, -0.25) is 4.98 Å². The number of ether oxygens (including phenoxy) is 2. The van der Waals surface area contributed by atoms with Crippen LogP contribution in [0.1, 0.15) is 11.9 Å². The first kappa shape index (κ1) is 9.02. The summed E-state index contributed by atoms with van der Waals surface area (Å²) >= 11 is 0. The summed E-state index contributed by atoms with van der Waals surface area (Å²) in [5, 5.41) is 6.11. The van der Waals surface area contributed by atoms with Crippen LogP contribution in [0.4, 0.5) is 0 Å². The zero-order valence-electron chi connectivity index (χ0n) is 8.27. The summed E-state index contributed by atoms with van der Waals surface area (Å²) in [6.45, 7) is 0.331. The highest BCUT2D eigenvalue weighted by Crippen LogP contribution is 2.34. The molecule has 1 atom stereocenters. The molecule has 2 aromatic rings. The standard InChI is InChI=1S/C10H9N3O3/c14-10-11-9(12-13-10)8-5-15-6-3-1-2-4-7(6)16-8/h1-4,8H,5H2,(H2,11,12,13,14). The summed E-state index contributed by atoms with van der Waals surface area (Å²) in [5.74, 6) is 1.80. The van der Waals surface area contributed by atoms with Crippen molar-refractivity contribution >= 4 is 0 Å². The third-order valence-electron chi connectivity index (χ3n) is 2.33. The summed E-state index contributed by atoms with van der Waals surface area (Å²) in [6, 6.07) is 7.38. The number of aromatic nitrogens is 3. The van der Waals surface area contributed by atoms with Crippen molar-refractivity contribution in [2.45, 2.75) is 6.10 Å². The van der Waals surface area contributed by atoms with Crippen molar-refractivity contribution in [3.63, 3.8) is 0 Å². The maximum absolute atomic E-state index is 10.9. The monoisotopic (exact) mass is 219 g/mol. The lowest BCUT2D eigenvalue weighted by Gasteiger charge is -2.24. The first-order chi connectivity index (χ1) is 7.83. The minimum Gasteiger partial charge on any atom is -0.485 e. The van der Waals surface area contributed by atoms with E-state index in [1.54, 1.807) is 0 Å². The summed E-state index contributed by atoms with van der Waals surface area (Å²) < 4.78 is 11.2. The van der Waals surface area contributed by atoms with Gasteiger partial charge in [-0.15, -0.1) is 0 Å². The van der Waals surface area contributed by atoms with Gasteiger partial charge in [-0.25, -0.2) is 9.89 Å². The van der Waals surface area contributed by atoms with Gasteiger partial charge in [0.2, 0.25) is 0 Å². The lowest BCUT2D eigenvalue weighted by molar-refractivity contribution is 0.0853. The predicted octanol–water partition coefficient (Wildman–Crippen LogP) is 0.610. The fourth-order valence-electron chi connectivity index (χ4n) is 1.59. The molecule has 1 aliphatic rings. The van der Waals surface area contributed by atoms with Crippen LogP contribution in [0, 0.1) is 0 Å². The molecule has 2 N–H and O–H groups in total. The lowest BCUT2D eigenvalue weighted by atomic mass is 10.2. The van der Waals surface area contributed by atoms with E-state index < -0.39 is 0 Å². The Balaban J connectivity index is 1.90. The highest BCUT2D eigenvalue weighted by Gasteiger charge is 2.24. The molecule has 1 aliphatic heterocycles. The van der Waals surface area contributed by atoms with Crippen LogP contribution in [0.25, 0.3) is 0 Å². The zero-order valence-corrected chi connectivity index (χ0v) is 8.27. The molecule has 16 heavy (non-hydrogen) atoms. The molecule has 3 rings (SSSR count). The second-order valence-corrected chi connectivity index (χ2v) is 3.43. The average Bonchev–Trinajstić information content (AvgIpc) is 2.75. The van der Waals surface area contributed by atoms with Crippen LogP contribution in [0.15, 0.2) is 29.1 Å². The highest BCUT2D eigenvalue weighted by atomic mass is 16.6. The summed E-state index contributed by atoms with van der Waals surface area (Å²) in [4.78, 5) is 13.5. The van der Waals surface area contributed by atoms with Crippen molar-refractivity contribution < 1.29 is 9.47 Å². The molecule has 0 fully saturated rings. The fraction of sp³-hybridized carbons (Fsp3) is 0.200. The van der Waals surface area contributed by atoms with E-state index in [1.807, 2.05) is 24.3 Å². The van der Waals surface area contributed by atoms with Gasteiger partial charge in [0.1, 0.15) is 6.61 Å². The van der Waals surface area contributed by atoms with Crippen LogP contribution in [-0.4, -0.2) is 21.8 Å². The summed E-state index contributed by atoms with van der Waals surface area (Å²) in [5.41, 5.74) is -0.350. The Hall–Kier alpha value is -2.24. The molecule has 0 amide bonds. The Morgan fingerprint density at radius 1 is 1.31 bits per heavy atom. The van der Waals surface area contributed by atoms with Gasteiger partial charge >= 0.3 is 5.69 Å². The molecule has 0 aliphatic carbocycles.